The fourth-order valence-corrected chi connectivity index (χ4v) is 3.07. The summed E-state index contributed by atoms with van der Waals surface area (Å²) in [5, 5.41) is 0. The molecule has 1 nitrogen and oxygen atoms in total. The summed E-state index contributed by atoms with van der Waals surface area (Å²) < 4.78 is 5.44. The van der Waals surface area contributed by atoms with Crippen LogP contribution in [0.25, 0.3) is 0 Å². The molecule has 19 heavy (non-hydrogen) atoms. The van der Waals surface area contributed by atoms with Crippen molar-refractivity contribution < 1.29 is 4.74 Å². The molecule has 104 valence electrons. The van der Waals surface area contributed by atoms with Gasteiger partial charge in [0.2, 0.25) is 0 Å². The highest BCUT2D eigenvalue weighted by atomic mass is 16.5. The second-order valence-corrected chi connectivity index (χ2v) is 5.62. The van der Waals surface area contributed by atoms with Crippen LogP contribution in [0.2, 0.25) is 0 Å². The van der Waals surface area contributed by atoms with Crippen LogP contribution in [0.1, 0.15) is 56.1 Å². The highest BCUT2D eigenvalue weighted by molar-refractivity contribution is 5.25. The van der Waals surface area contributed by atoms with E-state index >= 15 is 0 Å². The number of allylic oxidation sites excluding steroid dienone is 1. The van der Waals surface area contributed by atoms with Gasteiger partial charge >= 0.3 is 0 Å². The molecule has 0 radical (unpaired) electrons. The van der Waals surface area contributed by atoms with Crippen molar-refractivity contribution in [2.45, 2.75) is 51.6 Å². The molecule has 1 aromatic rings. The van der Waals surface area contributed by atoms with Crippen LogP contribution in [0.4, 0.5) is 0 Å². The largest absolute Gasteiger partial charge is 0.377 e. The summed E-state index contributed by atoms with van der Waals surface area (Å²) >= 11 is 0. The van der Waals surface area contributed by atoms with Crippen molar-refractivity contribution in [2.24, 2.45) is 5.92 Å². The Balaban J connectivity index is 1.87. The normalized spacial score (nSPS) is 23.2. The van der Waals surface area contributed by atoms with Gasteiger partial charge in [-0.05, 0) is 62.0 Å². The smallest absolute Gasteiger partial charge is 0.0716 e. The number of ether oxygens (including phenoxy) is 1. The molecule has 0 bridgehead atoms. The zero-order valence-corrected chi connectivity index (χ0v) is 12.1. The minimum Gasteiger partial charge on any atom is -0.377 e. The molecule has 0 amide bonds. The van der Waals surface area contributed by atoms with E-state index in [1.165, 1.54) is 43.2 Å². The number of benzene rings is 1. The van der Waals surface area contributed by atoms with E-state index in [0.717, 1.165) is 25.0 Å². The molecular formula is C18H26O. The summed E-state index contributed by atoms with van der Waals surface area (Å²) in [4.78, 5) is 0. The van der Waals surface area contributed by atoms with E-state index < -0.39 is 0 Å². The molecule has 0 spiro atoms. The molecule has 1 aliphatic rings. The fourth-order valence-electron chi connectivity index (χ4n) is 3.07. The maximum Gasteiger partial charge on any atom is 0.0716 e. The first kappa shape index (κ1) is 14.3. The molecular weight excluding hydrogens is 232 g/mol. The molecule has 1 aliphatic carbocycles. The maximum atomic E-state index is 5.44. The van der Waals surface area contributed by atoms with Crippen LogP contribution in [0.3, 0.4) is 0 Å². The minimum absolute atomic E-state index is 0.739. The number of hydrogen-bond acceptors (Lipinski definition) is 1. The van der Waals surface area contributed by atoms with Gasteiger partial charge in [0.15, 0.2) is 0 Å². The molecule has 1 aromatic carbocycles. The third-order valence-electron chi connectivity index (χ3n) is 4.27. The van der Waals surface area contributed by atoms with E-state index in [-0.39, 0.29) is 0 Å². The van der Waals surface area contributed by atoms with Gasteiger partial charge in [0.25, 0.3) is 0 Å². The van der Waals surface area contributed by atoms with E-state index in [1.807, 2.05) is 6.92 Å². The lowest BCUT2D eigenvalue weighted by Gasteiger charge is -2.28. The van der Waals surface area contributed by atoms with E-state index in [9.17, 15) is 0 Å². The van der Waals surface area contributed by atoms with Crippen molar-refractivity contribution >= 4 is 0 Å². The molecule has 0 heterocycles. The number of rotatable bonds is 6. The first-order chi connectivity index (χ1) is 9.33. The average molecular weight is 258 g/mol. The predicted octanol–water partition coefficient (Wildman–Crippen LogP) is 5.07. The van der Waals surface area contributed by atoms with Gasteiger partial charge in [-0.15, -0.1) is 6.58 Å². The summed E-state index contributed by atoms with van der Waals surface area (Å²) in [5.74, 6) is 1.65. The topological polar surface area (TPSA) is 9.23 Å². The van der Waals surface area contributed by atoms with Gasteiger partial charge in [-0.3, -0.25) is 0 Å². The molecule has 0 atom stereocenters. The monoisotopic (exact) mass is 258 g/mol. The second-order valence-electron chi connectivity index (χ2n) is 5.62. The standard InChI is InChI=1S/C18H26O/c1-3-5-15-6-10-17(11-7-15)18-12-8-16(9-13-18)14-19-4-2/h3,8-9,12-13,15,17H,1,4-7,10-11,14H2,2H3/t15-,17-. The quantitative estimate of drug-likeness (QED) is 0.647. The van der Waals surface area contributed by atoms with Gasteiger partial charge in [0, 0.05) is 6.61 Å². The first-order valence-corrected chi connectivity index (χ1v) is 7.61. The summed E-state index contributed by atoms with van der Waals surface area (Å²) in [6.07, 6.45) is 8.66. The highest BCUT2D eigenvalue weighted by Crippen LogP contribution is 2.37. The van der Waals surface area contributed by atoms with Crippen LogP contribution in [0.5, 0.6) is 0 Å². The molecule has 2 rings (SSSR count). The molecule has 0 N–H and O–H groups in total. The average Bonchev–Trinajstić information content (AvgIpc) is 2.47. The Hall–Kier alpha value is -1.08. The minimum atomic E-state index is 0.739. The molecule has 0 aliphatic heterocycles. The molecule has 0 unspecified atom stereocenters. The third kappa shape index (κ3) is 4.21. The van der Waals surface area contributed by atoms with Crippen molar-refractivity contribution in [3.8, 4) is 0 Å². The zero-order chi connectivity index (χ0) is 13.5. The van der Waals surface area contributed by atoms with Crippen molar-refractivity contribution in [3.63, 3.8) is 0 Å². The lowest BCUT2D eigenvalue weighted by atomic mass is 9.77. The van der Waals surface area contributed by atoms with Crippen LogP contribution in [0.15, 0.2) is 36.9 Å². The SMILES string of the molecule is C=CC[C@H]1CC[C@H](c2ccc(COCC)cc2)CC1. The molecule has 0 saturated heterocycles. The fraction of sp³-hybridized carbons (Fsp3) is 0.556. The van der Waals surface area contributed by atoms with E-state index in [1.54, 1.807) is 0 Å². The van der Waals surface area contributed by atoms with Gasteiger partial charge in [0.05, 0.1) is 6.61 Å². The molecule has 0 aromatic heterocycles. The maximum absolute atomic E-state index is 5.44. The number of hydrogen-bond donors (Lipinski definition) is 0. The van der Waals surface area contributed by atoms with Gasteiger partial charge in [-0.2, -0.15) is 0 Å². The molecule has 1 fully saturated rings. The summed E-state index contributed by atoms with van der Waals surface area (Å²) in [6, 6.07) is 9.04. The molecule has 1 heteroatoms. The molecule has 1 saturated carbocycles. The summed E-state index contributed by atoms with van der Waals surface area (Å²) in [7, 11) is 0. The van der Waals surface area contributed by atoms with Crippen LogP contribution in [-0.2, 0) is 11.3 Å². The van der Waals surface area contributed by atoms with Crippen molar-refractivity contribution in [3.05, 3.63) is 48.0 Å². The highest BCUT2D eigenvalue weighted by Gasteiger charge is 2.21. The third-order valence-corrected chi connectivity index (χ3v) is 4.27. The Morgan fingerprint density at radius 2 is 1.84 bits per heavy atom. The Bertz CT molecular complexity index is 371. The van der Waals surface area contributed by atoms with Gasteiger partial charge in [-0.1, -0.05) is 30.3 Å². The van der Waals surface area contributed by atoms with Crippen LogP contribution in [0, 0.1) is 5.92 Å². The van der Waals surface area contributed by atoms with Crippen LogP contribution >= 0.6 is 0 Å². The predicted molar refractivity (Wildman–Crippen MR) is 81.3 cm³/mol. The lowest BCUT2D eigenvalue weighted by Crippen LogP contribution is -2.12. The zero-order valence-electron chi connectivity index (χ0n) is 12.1. The van der Waals surface area contributed by atoms with Crippen molar-refractivity contribution in [2.75, 3.05) is 6.61 Å². The van der Waals surface area contributed by atoms with E-state index in [0.29, 0.717) is 0 Å². The Morgan fingerprint density at radius 3 is 2.42 bits per heavy atom. The second kappa shape index (κ2) is 7.49. The Morgan fingerprint density at radius 1 is 1.16 bits per heavy atom. The van der Waals surface area contributed by atoms with Crippen molar-refractivity contribution in [1.29, 1.82) is 0 Å². The summed E-state index contributed by atoms with van der Waals surface area (Å²) in [5.41, 5.74) is 2.79. The van der Waals surface area contributed by atoms with E-state index in [2.05, 4.69) is 36.9 Å². The lowest BCUT2D eigenvalue weighted by molar-refractivity contribution is 0.134. The van der Waals surface area contributed by atoms with Crippen LogP contribution < -0.4 is 0 Å². The van der Waals surface area contributed by atoms with E-state index in [4.69, 9.17) is 4.74 Å². The Labute approximate surface area is 117 Å². The van der Waals surface area contributed by atoms with Gasteiger partial charge in [-0.25, -0.2) is 0 Å². The first-order valence-electron chi connectivity index (χ1n) is 7.61. The van der Waals surface area contributed by atoms with Gasteiger partial charge in [0.1, 0.15) is 0 Å². The Kier molecular flexibility index (Phi) is 5.65. The van der Waals surface area contributed by atoms with Gasteiger partial charge < -0.3 is 4.74 Å². The van der Waals surface area contributed by atoms with Crippen molar-refractivity contribution in [1.82, 2.24) is 0 Å². The van der Waals surface area contributed by atoms with Crippen LogP contribution in [-0.4, -0.2) is 6.61 Å². The summed E-state index contributed by atoms with van der Waals surface area (Å²) in [6.45, 7) is 7.42.